The monoisotopic (exact) mass is 638 g/mol. The number of fused-ring (bicyclic) bond motifs is 1. The maximum atomic E-state index is 13.7. The maximum absolute atomic E-state index is 13.7. The largest absolute Gasteiger partial charge is 0.475 e. The first kappa shape index (κ1) is 33.3. The molecule has 11 nitrogen and oxygen atoms in total. The van der Waals surface area contributed by atoms with Gasteiger partial charge < -0.3 is 24.3 Å². The summed E-state index contributed by atoms with van der Waals surface area (Å²) in [5, 5.41) is 2.70. The van der Waals surface area contributed by atoms with Crippen LogP contribution in [0.5, 0.6) is 17.2 Å². The first-order chi connectivity index (χ1) is 21.5. The second-order valence-electron chi connectivity index (χ2n) is 10.7. The predicted molar refractivity (Wildman–Crippen MR) is 166 cm³/mol. The first-order valence-electron chi connectivity index (χ1n) is 14.8. The summed E-state index contributed by atoms with van der Waals surface area (Å²) in [6.07, 6.45) is -0.148. The Hall–Kier alpha value is -4.58. The number of carbonyl (C=O) groups excluding carboxylic acids is 3. The highest BCUT2D eigenvalue weighted by Crippen LogP contribution is 2.36. The summed E-state index contributed by atoms with van der Waals surface area (Å²) < 4.78 is 50.7. The molecule has 0 fully saturated rings. The average molecular weight is 639 g/mol. The Morgan fingerprint density at radius 3 is 2.31 bits per heavy atom. The van der Waals surface area contributed by atoms with E-state index in [9.17, 15) is 22.8 Å². The van der Waals surface area contributed by atoms with E-state index in [4.69, 9.17) is 18.9 Å². The Balaban J connectivity index is 1.61. The van der Waals surface area contributed by atoms with Gasteiger partial charge in [0.05, 0.1) is 17.9 Å². The van der Waals surface area contributed by atoms with Gasteiger partial charge in [-0.2, -0.15) is 0 Å². The fourth-order valence-corrected chi connectivity index (χ4v) is 5.65. The summed E-state index contributed by atoms with van der Waals surface area (Å²) in [6.45, 7) is 8.04. The maximum Gasteiger partial charge on any atom is 0.307 e. The third kappa shape index (κ3) is 8.53. The molecule has 240 valence electrons. The van der Waals surface area contributed by atoms with E-state index in [0.717, 1.165) is 5.56 Å². The molecule has 2 amide bonds. The number of ether oxygens (including phenoxy) is 4. The molecule has 0 spiro atoms. The van der Waals surface area contributed by atoms with Gasteiger partial charge in [-0.05, 0) is 72.9 Å². The van der Waals surface area contributed by atoms with Crippen LogP contribution in [0.3, 0.4) is 0 Å². The summed E-state index contributed by atoms with van der Waals surface area (Å²) >= 11 is 0. The zero-order valence-corrected chi connectivity index (χ0v) is 26.6. The van der Waals surface area contributed by atoms with Crippen molar-refractivity contribution in [3.05, 3.63) is 82.9 Å². The van der Waals surface area contributed by atoms with Gasteiger partial charge in [-0.15, -0.1) is 0 Å². The SMILES string of the molecule is CCCc1cc(C(=O)NCCC(=O)OCC)ccc1OC(C(=O)NS(=O)(=O)c1ccc(C(C)C)cc1)c1ccc2c(c1)OCO2. The molecule has 4 rings (SSSR count). The Morgan fingerprint density at radius 2 is 1.62 bits per heavy atom. The van der Waals surface area contributed by atoms with E-state index >= 15 is 0 Å². The zero-order chi connectivity index (χ0) is 32.6. The Labute approximate surface area is 263 Å². The van der Waals surface area contributed by atoms with Gasteiger partial charge in [0.1, 0.15) is 5.75 Å². The summed E-state index contributed by atoms with van der Waals surface area (Å²) in [7, 11) is -4.24. The third-order valence-electron chi connectivity index (χ3n) is 7.04. The van der Waals surface area contributed by atoms with E-state index < -0.39 is 28.0 Å². The Bertz CT molecular complexity index is 1640. The second-order valence-corrected chi connectivity index (χ2v) is 12.4. The topological polar surface area (TPSA) is 146 Å². The van der Waals surface area contributed by atoms with Crippen LogP contribution in [-0.4, -0.2) is 46.1 Å². The minimum absolute atomic E-state index is 0.0151. The highest BCUT2D eigenvalue weighted by atomic mass is 32.2. The molecule has 12 heteroatoms. The standard InChI is InChI=1S/C33H38N2O9S/c1-5-7-23-18-25(32(37)34-17-16-30(36)41-6-2)11-14-27(23)44-31(24-10-15-28-29(19-24)43-20-42-28)33(38)35-45(39,40)26-12-8-22(9-13-26)21(3)4/h8-15,18-19,21,31H,5-7,16-17,20H2,1-4H3,(H,34,37)(H,35,38). The van der Waals surface area contributed by atoms with Crippen LogP contribution in [0.1, 0.15) is 79.6 Å². The molecule has 45 heavy (non-hydrogen) atoms. The highest BCUT2D eigenvalue weighted by molar-refractivity contribution is 7.90. The second kappa shape index (κ2) is 14.9. The van der Waals surface area contributed by atoms with Gasteiger partial charge in [-0.25, -0.2) is 13.1 Å². The fourth-order valence-electron chi connectivity index (χ4n) is 4.67. The number of carbonyl (C=O) groups is 3. The van der Waals surface area contributed by atoms with Crippen molar-refractivity contribution in [3.63, 3.8) is 0 Å². The van der Waals surface area contributed by atoms with Crippen LogP contribution in [0.15, 0.2) is 65.6 Å². The van der Waals surface area contributed by atoms with Crippen molar-refractivity contribution in [2.75, 3.05) is 19.9 Å². The normalized spacial score (nSPS) is 12.8. The van der Waals surface area contributed by atoms with Gasteiger partial charge in [-0.3, -0.25) is 14.4 Å². The summed E-state index contributed by atoms with van der Waals surface area (Å²) in [6, 6.07) is 15.9. The van der Waals surface area contributed by atoms with Crippen LogP contribution < -0.4 is 24.2 Å². The van der Waals surface area contributed by atoms with Crippen molar-refractivity contribution < 1.29 is 41.7 Å². The molecule has 0 saturated heterocycles. The predicted octanol–water partition coefficient (Wildman–Crippen LogP) is 4.80. The molecule has 1 aliphatic heterocycles. The van der Waals surface area contributed by atoms with Crippen LogP contribution >= 0.6 is 0 Å². The summed E-state index contributed by atoms with van der Waals surface area (Å²) in [5.74, 6) is -0.315. The molecule has 2 N–H and O–H groups in total. The van der Waals surface area contributed by atoms with Gasteiger partial charge in [0.15, 0.2) is 11.5 Å². The number of aryl methyl sites for hydroxylation is 1. The van der Waals surface area contributed by atoms with Crippen LogP contribution in [-0.2, 0) is 30.8 Å². The van der Waals surface area contributed by atoms with E-state index in [-0.39, 0.29) is 43.1 Å². The summed E-state index contributed by atoms with van der Waals surface area (Å²) in [4.78, 5) is 38.0. The zero-order valence-electron chi connectivity index (χ0n) is 25.8. The molecule has 0 aromatic heterocycles. The molecule has 1 unspecified atom stereocenters. The molecule has 0 saturated carbocycles. The van der Waals surface area contributed by atoms with Crippen LogP contribution in [0.4, 0.5) is 0 Å². The average Bonchev–Trinajstić information content (AvgIpc) is 3.48. The molecule has 0 bridgehead atoms. The molecule has 1 atom stereocenters. The van der Waals surface area contributed by atoms with Gasteiger partial charge in [0, 0.05) is 17.7 Å². The molecule has 1 aliphatic rings. The number of rotatable bonds is 14. The lowest BCUT2D eigenvalue weighted by Gasteiger charge is -2.22. The van der Waals surface area contributed by atoms with E-state index in [1.807, 2.05) is 20.8 Å². The summed E-state index contributed by atoms with van der Waals surface area (Å²) in [5.41, 5.74) is 2.28. The Kier molecular flexibility index (Phi) is 11.1. The molecule has 1 heterocycles. The van der Waals surface area contributed by atoms with Crippen molar-refractivity contribution in [1.82, 2.24) is 10.0 Å². The fraction of sp³-hybridized carbons (Fsp3) is 0.364. The number of esters is 1. The van der Waals surface area contributed by atoms with E-state index in [2.05, 4.69) is 10.0 Å². The van der Waals surface area contributed by atoms with Crippen molar-refractivity contribution in [1.29, 1.82) is 0 Å². The van der Waals surface area contributed by atoms with E-state index in [1.165, 1.54) is 18.2 Å². The van der Waals surface area contributed by atoms with E-state index in [0.29, 0.717) is 46.8 Å². The Morgan fingerprint density at radius 1 is 0.911 bits per heavy atom. The van der Waals surface area contributed by atoms with Crippen molar-refractivity contribution in [2.45, 2.75) is 63.9 Å². The molecule has 0 aliphatic carbocycles. The van der Waals surface area contributed by atoms with Crippen molar-refractivity contribution >= 4 is 27.8 Å². The van der Waals surface area contributed by atoms with Gasteiger partial charge in [-0.1, -0.05) is 45.4 Å². The lowest BCUT2D eigenvalue weighted by atomic mass is 10.0. The smallest absolute Gasteiger partial charge is 0.307 e. The van der Waals surface area contributed by atoms with Crippen molar-refractivity contribution in [3.8, 4) is 17.2 Å². The van der Waals surface area contributed by atoms with Crippen LogP contribution in [0, 0.1) is 0 Å². The first-order valence-corrected chi connectivity index (χ1v) is 16.3. The number of benzene rings is 3. The minimum Gasteiger partial charge on any atom is -0.475 e. The number of hydrogen-bond acceptors (Lipinski definition) is 9. The number of nitrogens with one attached hydrogen (secondary N) is 2. The highest BCUT2D eigenvalue weighted by Gasteiger charge is 2.30. The number of amides is 2. The van der Waals surface area contributed by atoms with Crippen molar-refractivity contribution in [2.24, 2.45) is 0 Å². The van der Waals surface area contributed by atoms with Gasteiger partial charge in [0.25, 0.3) is 21.8 Å². The lowest BCUT2D eigenvalue weighted by Crippen LogP contribution is -2.37. The van der Waals surface area contributed by atoms with Crippen LogP contribution in [0.2, 0.25) is 0 Å². The third-order valence-corrected chi connectivity index (χ3v) is 8.40. The quantitative estimate of drug-likeness (QED) is 0.238. The molecule has 0 radical (unpaired) electrons. The molecular formula is C33H38N2O9S. The molecule has 3 aromatic carbocycles. The lowest BCUT2D eigenvalue weighted by molar-refractivity contribution is -0.142. The minimum atomic E-state index is -4.24. The molecular weight excluding hydrogens is 600 g/mol. The van der Waals surface area contributed by atoms with Crippen LogP contribution in [0.25, 0.3) is 0 Å². The van der Waals surface area contributed by atoms with E-state index in [1.54, 1.807) is 49.4 Å². The number of sulfonamides is 1. The molecule has 3 aromatic rings. The van der Waals surface area contributed by atoms with Gasteiger partial charge in [0.2, 0.25) is 12.9 Å². The van der Waals surface area contributed by atoms with Gasteiger partial charge >= 0.3 is 5.97 Å². The number of hydrogen-bond donors (Lipinski definition) is 2.